The van der Waals surface area contributed by atoms with Crippen molar-refractivity contribution in [3.8, 4) is 5.75 Å². The van der Waals surface area contributed by atoms with E-state index in [0.717, 1.165) is 37.0 Å². The molecule has 1 amide bonds. The monoisotopic (exact) mass is 294 g/mol. The third kappa shape index (κ3) is 3.17. The SMILES string of the molecule is O=C(N/N=C1/CCCCc2ccccc21)c1cccc(O)c1. The Morgan fingerprint density at radius 2 is 1.86 bits per heavy atom. The standard InChI is InChI=1S/C18H18N2O2/c21-15-9-5-8-14(12-15)18(22)20-19-17-11-4-2-7-13-6-1-3-10-16(13)17/h1,3,5-6,8-10,12,21H,2,4,7,11H2,(H,20,22)/b19-17-. The molecule has 112 valence electrons. The number of phenols is 1. The molecule has 2 N–H and O–H groups in total. The van der Waals surface area contributed by atoms with Gasteiger partial charge in [0.05, 0.1) is 5.71 Å². The summed E-state index contributed by atoms with van der Waals surface area (Å²) in [4.78, 5) is 12.1. The van der Waals surface area contributed by atoms with Crippen LogP contribution < -0.4 is 5.43 Å². The van der Waals surface area contributed by atoms with Crippen LogP contribution in [0.25, 0.3) is 0 Å². The second-order valence-corrected chi connectivity index (χ2v) is 5.41. The van der Waals surface area contributed by atoms with Crippen LogP contribution in [0.15, 0.2) is 53.6 Å². The third-order valence-corrected chi connectivity index (χ3v) is 3.84. The molecule has 0 bridgehead atoms. The van der Waals surface area contributed by atoms with E-state index in [9.17, 15) is 9.90 Å². The molecule has 22 heavy (non-hydrogen) atoms. The van der Waals surface area contributed by atoms with Crippen molar-refractivity contribution in [2.75, 3.05) is 0 Å². The minimum atomic E-state index is -0.315. The van der Waals surface area contributed by atoms with Crippen LogP contribution in [0, 0.1) is 0 Å². The lowest BCUT2D eigenvalue weighted by Crippen LogP contribution is -2.20. The Morgan fingerprint density at radius 1 is 1.05 bits per heavy atom. The zero-order chi connectivity index (χ0) is 15.4. The van der Waals surface area contributed by atoms with Gasteiger partial charge in [-0.15, -0.1) is 0 Å². The maximum Gasteiger partial charge on any atom is 0.271 e. The van der Waals surface area contributed by atoms with E-state index >= 15 is 0 Å². The summed E-state index contributed by atoms with van der Waals surface area (Å²) in [6.07, 6.45) is 4.11. The van der Waals surface area contributed by atoms with Crippen LogP contribution in [-0.4, -0.2) is 16.7 Å². The highest BCUT2D eigenvalue weighted by Crippen LogP contribution is 2.20. The second-order valence-electron chi connectivity index (χ2n) is 5.41. The van der Waals surface area contributed by atoms with Gasteiger partial charge in [-0.25, -0.2) is 5.43 Å². The first-order valence-electron chi connectivity index (χ1n) is 7.48. The molecule has 0 saturated carbocycles. The van der Waals surface area contributed by atoms with Gasteiger partial charge in [-0.2, -0.15) is 5.10 Å². The van der Waals surface area contributed by atoms with Crippen LogP contribution >= 0.6 is 0 Å². The number of carbonyl (C=O) groups is 1. The van der Waals surface area contributed by atoms with Gasteiger partial charge >= 0.3 is 0 Å². The van der Waals surface area contributed by atoms with Crippen LogP contribution in [0.3, 0.4) is 0 Å². The van der Waals surface area contributed by atoms with E-state index in [1.165, 1.54) is 17.7 Å². The van der Waals surface area contributed by atoms with Gasteiger partial charge in [-0.3, -0.25) is 4.79 Å². The second kappa shape index (κ2) is 6.43. The molecule has 0 aliphatic heterocycles. The average molecular weight is 294 g/mol. The molecule has 2 aromatic rings. The lowest BCUT2D eigenvalue weighted by atomic mass is 10.0. The van der Waals surface area contributed by atoms with Crippen molar-refractivity contribution in [1.29, 1.82) is 0 Å². The Hall–Kier alpha value is -2.62. The van der Waals surface area contributed by atoms with Crippen LogP contribution in [-0.2, 0) is 6.42 Å². The first-order valence-corrected chi connectivity index (χ1v) is 7.48. The van der Waals surface area contributed by atoms with E-state index < -0.39 is 0 Å². The number of aromatic hydroxyl groups is 1. The first kappa shape index (κ1) is 14.3. The van der Waals surface area contributed by atoms with Crippen LogP contribution in [0.5, 0.6) is 5.75 Å². The fourth-order valence-corrected chi connectivity index (χ4v) is 2.71. The quantitative estimate of drug-likeness (QED) is 0.659. The molecule has 0 radical (unpaired) electrons. The van der Waals surface area contributed by atoms with Crippen molar-refractivity contribution in [3.05, 3.63) is 65.2 Å². The molecule has 0 unspecified atom stereocenters. The summed E-state index contributed by atoms with van der Waals surface area (Å²) < 4.78 is 0. The molecule has 1 aliphatic carbocycles. The Balaban J connectivity index is 1.82. The van der Waals surface area contributed by atoms with E-state index in [0.29, 0.717) is 5.56 Å². The molecule has 0 saturated heterocycles. The third-order valence-electron chi connectivity index (χ3n) is 3.84. The van der Waals surface area contributed by atoms with Gasteiger partial charge in [0.15, 0.2) is 0 Å². The molecule has 1 aliphatic rings. The molecule has 0 spiro atoms. The summed E-state index contributed by atoms with van der Waals surface area (Å²) in [5, 5.41) is 13.8. The van der Waals surface area contributed by atoms with Crippen molar-refractivity contribution in [2.45, 2.75) is 25.7 Å². The Kier molecular flexibility index (Phi) is 4.19. The number of hydrazone groups is 1. The largest absolute Gasteiger partial charge is 0.508 e. The number of nitrogens with one attached hydrogen (secondary N) is 1. The Morgan fingerprint density at radius 3 is 2.73 bits per heavy atom. The normalized spacial score (nSPS) is 15.9. The highest BCUT2D eigenvalue weighted by Gasteiger charge is 2.14. The molecule has 4 heteroatoms. The molecule has 0 fully saturated rings. The Labute approximate surface area is 129 Å². The molecule has 2 aromatic carbocycles. The summed E-state index contributed by atoms with van der Waals surface area (Å²) in [5.41, 5.74) is 6.32. The van der Waals surface area contributed by atoms with Crippen LogP contribution in [0.4, 0.5) is 0 Å². The summed E-state index contributed by atoms with van der Waals surface area (Å²) in [6, 6.07) is 14.5. The first-order chi connectivity index (χ1) is 10.7. The van der Waals surface area contributed by atoms with Crippen LogP contribution in [0.1, 0.15) is 40.7 Å². The summed E-state index contributed by atoms with van der Waals surface area (Å²) in [6.45, 7) is 0. The van der Waals surface area contributed by atoms with E-state index in [1.54, 1.807) is 12.1 Å². The highest BCUT2D eigenvalue weighted by molar-refractivity contribution is 6.03. The number of phenolic OH excluding ortho intramolecular Hbond substituents is 1. The van der Waals surface area contributed by atoms with E-state index in [-0.39, 0.29) is 11.7 Å². The van der Waals surface area contributed by atoms with E-state index in [4.69, 9.17) is 0 Å². The highest BCUT2D eigenvalue weighted by atomic mass is 16.3. The number of rotatable bonds is 2. The molecular formula is C18H18N2O2. The lowest BCUT2D eigenvalue weighted by molar-refractivity contribution is 0.0954. The summed E-state index contributed by atoms with van der Waals surface area (Å²) >= 11 is 0. The number of nitrogens with zero attached hydrogens (tertiary/aromatic N) is 1. The van der Waals surface area contributed by atoms with Crippen molar-refractivity contribution in [1.82, 2.24) is 5.43 Å². The molecule has 3 rings (SSSR count). The van der Waals surface area contributed by atoms with Gasteiger partial charge in [-0.1, -0.05) is 30.3 Å². The number of carbonyl (C=O) groups excluding carboxylic acids is 1. The molecule has 0 aromatic heterocycles. The van der Waals surface area contributed by atoms with E-state index in [2.05, 4.69) is 22.7 Å². The van der Waals surface area contributed by atoms with Crippen molar-refractivity contribution >= 4 is 11.6 Å². The maximum atomic E-state index is 12.1. The fraction of sp³-hybridized carbons (Fsp3) is 0.222. The lowest BCUT2D eigenvalue weighted by Gasteiger charge is -2.08. The smallest absolute Gasteiger partial charge is 0.271 e. The number of benzene rings is 2. The maximum absolute atomic E-state index is 12.1. The number of aryl methyl sites for hydroxylation is 1. The minimum absolute atomic E-state index is 0.0696. The van der Waals surface area contributed by atoms with Gasteiger partial charge in [0, 0.05) is 11.1 Å². The van der Waals surface area contributed by atoms with E-state index in [1.807, 2.05) is 12.1 Å². The van der Waals surface area contributed by atoms with Crippen molar-refractivity contribution in [2.24, 2.45) is 5.10 Å². The molecule has 4 nitrogen and oxygen atoms in total. The minimum Gasteiger partial charge on any atom is -0.508 e. The number of amides is 1. The fourth-order valence-electron chi connectivity index (χ4n) is 2.71. The Bertz CT molecular complexity index is 723. The molecule has 0 atom stereocenters. The summed E-state index contributed by atoms with van der Waals surface area (Å²) in [5.74, 6) is -0.245. The predicted octanol–water partition coefficient (Wildman–Crippen LogP) is 3.25. The van der Waals surface area contributed by atoms with Gasteiger partial charge in [0.1, 0.15) is 5.75 Å². The molecule has 0 heterocycles. The van der Waals surface area contributed by atoms with Gasteiger partial charge in [-0.05, 0) is 49.4 Å². The topological polar surface area (TPSA) is 61.7 Å². The zero-order valence-electron chi connectivity index (χ0n) is 12.2. The van der Waals surface area contributed by atoms with Gasteiger partial charge in [0.25, 0.3) is 5.91 Å². The number of hydrogen-bond donors (Lipinski definition) is 2. The number of fused-ring (bicyclic) bond motifs is 1. The number of hydrogen-bond acceptors (Lipinski definition) is 3. The van der Waals surface area contributed by atoms with Crippen molar-refractivity contribution < 1.29 is 9.90 Å². The van der Waals surface area contributed by atoms with Crippen LogP contribution in [0.2, 0.25) is 0 Å². The average Bonchev–Trinajstić information content (AvgIpc) is 2.75. The van der Waals surface area contributed by atoms with Crippen molar-refractivity contribution in [3.63, 3.8) is 0 Å². The zero-order valence-corrected chi connectivity index (χ0v) is 12.2. The molecular weight excluding hydrogens is 276 g/mol. The predicted molar refractivity (Wildman–Crippen MR) is 86.1 cm³/mol. The van der Waals surface area contributed by atoms with Gasteiger partial charge < -0.3 is 5.11 Å². The summed E-state index contributed by atoms with van der Waals surface area (Å²) in [7, 11) is 0. The van der Waals surface area contributed by atoms with Gasteiger partial charge in [0.2, 0.25) is 0 Å².